The molecule has 1 unspecified atom stereocenters. The van der Waals surface area contributed by atoms with Gasteiger partial charge in [-0.3, -0.25) is 9.69 Å². The minimum atomic E-state index is -0.712. The Morgan fingerprint density at radius 1 is 1.43 bits per heavy atom. The quantitative estimate of drug-likeness (QED) is 0.844. The van der Waals surface area contributed by atoms with E-state index in [1.807, 2.05) is 6.07 Å². The normalized spacial score (nSPS) is 15.5. The molecule has 1 amide bonds. The van der Waals surface area contributed by atoms with Crippen molar-refractivity contribution in [1.29, 1.82) is 0 Å². The van der Waals surface area contributed by atoms with Gasteiger partial charge in [-0.1, -0.05) is 6.07 Å². The van der Waals surface area contributed by atoms with Crippen LogP contribution in [0.5, 0.6) is 5.75 Å². The largest absolute Gasteiger partial charge is 0.482 e. The number of esters is 1. The van der Waals surface area contributed by atoms with Crippen molar-refractivity contribution in [3.8, 4) is 5.75 Å². The van der Waals surface area contributed by atoms with Gasteiger partial charge in [-0.25, -0.2) is 4.79 Å². The molecule has 0 radical (unpaired) electrons. The molecule has 6 nitrogen and oxygen atoms in total. The maximum absolute atomic E-state index is 12.2. The van der Waals surface area contributed by atoms with E-state index < -0.39 is 12.0 Å². The van der Waals surface area contributed by atoms with Gasteiger partial charge in [-0.15, -0.1) is 0 Å². The number of ether oxygens (including phenoxy) is 2. The molecule has 114 valence electrons. The summed E-state index contributed by atoms with van der Waals surface area (Å²) in [6, 6.07) is 4.66. The Bertz CT molecular complexity index is 557. The Kier molecular flexibility index (Phi) is 4.47. The van der Waals surface area contributed by atoms with Crippen molar-refractivity contribution < 1.29 is 19.1 Å². The van der Waals surface area contributed by atoms with E-state index in [2.05, 4.69) is 0 Å². The fourth-order valence-corrected chi connectivity index (χ4v) is 2.20. The first-order chi connectivity index (χ1) is 9.93. The standard InChI is InChI=1S/C15H20N2O4/c1-9(2)21-15(19)10(3)17-12-6-11(7-16)4-5-13(12)20-8-14(17)18/h4-6,9-10H,7-8,16H2,1-3H3. The molecule has 1 heterocycles. The SMILES string of the molecule is CC(C)OC(=O)C(C)N1C(=O)COc2ccc(CN)cc21. The van der Waals surface area contributed by atoms with E-state index in [0.29, 0.717) is 18.0 Å². The van der Waals surface area contributed by atoms with Crippen LogP contribution in [0.2, 0.25) is 0 Å². The number of amides is 1. The number of benzene rings is 1. The molecule has 1 atom stereocenters. The number of carbonyl (C=O) groups is 2. The van der Waals surface area contributed by atoms with Crippen LogP contribution in [0.15, 0.2) is 18.2 Å². The molecule has 2 N–H and O–H groups in total. The van der Waals surface area contributed by atoms with Gasteiger partial charge in [0.1, 0.15) is 11.8 Å². The Labute approximate surface area is 123 Å². The summed E-state index contributed by atoms with van der Waals surface area (Å²) in [6.45, 7) is 5.44. The second-order valence-corrected chi connectivity index (χ2v) is 5.22. The molecule has 0 bridgehead atoms. The first-order valence-electron chi connectivity index (χ1n) is 6.92. The molecule has 0 saturated heterocycles. The summed E-state index contributed by atoms with van der Waals surface area (Å²) >= 11 is 0. The molecule has 0 fully saturated rings. The van der Waals surface area contributed by atoms with Crippen LogP contribution in [-0.2, 0) is 20.9 Å². The number of nitrogens with two attached hydrogens (primary N) is 1. The molecule has 0 aliphatic carbocycles. The number of hydrogen-bond donors (Lipinski definition) is 1. The number of hydrogen-bond acceptors (Lipinski definition) is 5. The minimum Gasteiger partial charge on any atom is -0.482 e. The van der Waals surface area contributed by atoms with Crippen molar-refractivity contribution in [1.82, 2.24) is 0 Å². The molecule has 0 spiro atoms. The van der Waals surface area contributed by atoms with Gasteiger partial charge in [0.25, 0.3) is 5.91 Å². The van der Waals surface area contributed by atoms with Crippen LogP contribution in [0.25, 0.3) is 0 Å². The van der Waals surface area contributed by atoms with E-state index in [1.165, 1.54) is 4.90 Å². The molecule has 1 aliphatic rings. The van der Waals surface area contributed by atoms with Gasteiger partial charge in [0.2, 0.25) is 0 Å². The zero-order chi connectivity index (χ0) is 15.6. The van der Waals surface area contributed by atoms with Crippen molar-refractivity contribution in [2.75, 3.05) is 11.5 Å². The molecule has 0 saturated carbocycles. The molecule has 0 aromatic heterocycles. The second-order valence-electron chi connectivity index (χ2n) is 5.22. The lowest BCUT2D eigenvalue weighted by molar-refractivity contribution is -0.149. The molecule has 6 heteroatoms. The lowest BCUT2D eigenvalue weighted by Gasteiger charge is -2.33. The fraction of sp³-hybridized carbons (Fsp3) is 0.467. The molecular formula is C15H20N2O4. The predicted molar refractivity (Wildman–Crippen MR) is 78.0 cm³/mol. The number of nitrogens with zero attached hydrogens (tertiary/aromatic N) is 1. The first kappa shape index (κ1) is 15.3. The highest BCUT2D eigenvalue weighted by atomic mass is 16.5. The monoisotopic (exact) mass is 292 g/mol. The zero-order valence-corrected chi connectivity index (χ0v) is 12.5. The van der Waals surface area contributed by atoms with Crippen LogP contribution < -0.4 is 15.4 Å². The maximum atomic E-state index is 12.2. The van der Waals surface area contributed by atoms with Crippen LogP contribution in [0.3, 0.4) is 0 Å². The summed E-state index contributed by atoms with van der Waals surface area (Å²) in [4.78, 5) is 25.7. The summed E-state index contributed by atoms with van der Waals surface area (Å²) < 4.78 is 10.6. The van der Waals surface area contributed by atoms with E-state index in [1.54, 1.807) is 32.9 Å². The van der Waals surface area contributed by atoms with Gasteiger partial charge in [0, 0.05) is 6.54 Å². The first-order valence-corrected chi connectivity index (χ1v) is 6.92. The lowest BCUT2D eigenvalue weighted by Crippen LogP contribution is -2.49. The van der Waals surface area contributed by atoms with Crippen LogP contribution in [0.4, 0.5) is 5.69 Å². The summed E-state index contributed by atoms with van der Waals surface area (Å²) in [5.41, 5.74) is 7.05. The number of fused-ring (bicyclic) bond motifs is 1. The van der Waals surface area contributed by atoms with Gasteiger partial charge in [-0.2, -0.15) is 0 Å². The fourth-order valence-electron chi connectivity index (χ4n) is 2.20. The van der Waals surface area contributed by atoms with Crippen LogP contribution in [0.1, 0.15) is 26.3 Å². The summed E-state index contributed by atoms with van der Waals surface area (Å²) in [7, 11) is 0. The van der Waals surface area contributed by atoms with Crippen molar-refractivity contribution in [3.05, 3.63) is 23.8 Å². The highest BCUT2D eigenvalue weighted by Gasteiger charge is 2.34. The minimum absolute atomic E-state index is 0.0890. The smallest absolute Gasteiger partial charge is 0.329 e. The Morgan fingerprint density at radius 3 is 2.76 bits per heavy atom. The van der Waals surface area contributed by atoms with E-state index in [-0.39, 0.29) is 18.6 Å². The van der Waals surface area contributed by atoms with E-state index >= 15 is 0 Å². The van der Waals surface area contributed by atoms with Gasteiger partial charge < -0.3 is 15.2 Å². The third-order valence-corrected chi connectivity index (χ3v) is 3.22. The Balaban J connectivity index is 2.35. The highest BCUT2D eigenvalue weighted by molar-refractivity contribution is 6.02. The Hall–Kier alpha value is -2.08. The number of carbonyl (C=O) groups excluding carboxylic acids is 2. The third kappa shape index (κ3) is 3.16. The van der Waals surface area contributed by atoms with Crippen molar-refractivity contribution >= 4 is 17.6 Å². The molecule has 2 rings (SSSR count). The third-order valence-electron chi connectivity index (χ3n) is 3.22. The molecule has 1 aliphatic heterocycles. The van der Waals surface area contributed by atoms with Crippen molar-refractivity contribution in [3.63, 3.8) is 0 Å². The summed E-state index contributed by atoms with van der Waals surface area (Å²) in [6.07, 6.45) is -0.231. The topological polar surface area (TPSA) is 81.9 Å². The molecule has 21 heavy (non-hydrogen) atoms. The predicted octanol–water partition coefficient (Wildman–Crippen LogP) is 1.21. The Morgan fingerprint density at radius 2 is 2.14 bits per heavy atom. The second kappa shape index (κ2) is 6.13. The van der Waals surface area contributed by atoms with Gasteiger partial charge in [0.05, 0.1) is 11.8 Å². The van der Waals surface area contributed by atoms with Crippen LogP contribution in [-0.4, -0.2) is 30.6 Å². The molecular weight excluding hydrogens is 272 g/mol. The molecule has 1 aromatic rings. The summed E-state index contributed by atoms with van der Waals surface area (Å²) in [5, 5.41) is 0. The van der Waals surface area contributed by atoms with E-state index in [4.69, 9.17) is 15.2 Å². The van der Waals surface area contributed by atoms with Crippen LogP contribution in [0, 0.1) is 0 Å². The highest BCUT2D eigenvalue weighted by Crippen LogP contribution is 2.34. The van der Waals surface area contributed by atoms with Gasteiger partial charge in [-0.05, 0) is 38.5 Å². The zero-order valence-electron chi connectivity index (χ0n) is 12.5. The van der Waals surface area contributed by atoms with E-state index in [0.717, 1.165) is 5.56 Å². The maximum Gasteiger partial charge on any atom is 0.329 e. The summed E-state index contributed by atoms with van der Waals surface area (Å²) in [5.74, 6) is -0.148. The molecule has 1 aromatic carbocycles. The number of anilines is 1. The van der Waals surface area contributed by atoms with Gasteiger partial charge >= 0.3 is 5.97 Å². The number of rotatable bonds is 4. The average molecular weight is 292 g/mol. The van der Waals surface area contributed by atoms with E-state index in [9.17, 15) is 9.59 Å². The van der Waals surface area contributed by atoms with Crippen LogP contribution >= 0.6 is 0 Å². The average Bonchev–Trinajstić information content (AvgIpc) is 2.45. The van der Waals surface area contributed by atoms with Crippen molar-refractivity contribution in [2.45, 2.75) is 39.5 Å². The van der Waals surface area contributed by atoms with Crippen molar-refractivity contribution in [2.24, 2.45) is 5.73 Å². The lowest BCUT2D eigenvalue weighted by atomic mass is 10.1. The van der Waals surface area contributed by atoms with Gasteiger partial charge in [0.15, 0.2) is 6.61 Å².